The summed E-state index contributed by atoms with van der Waals surface area (Å²) in [5.74, 6) is 0.210. The van der Waals surface area contributed by atoms with Gasteiger partial charge in [0.15, 0.2) is 5.82 Å². The maximum absolute atomic E-state index is 13.2. The molecule has 32 heavy (non-hydrogen) atoms. The molecular weight excluding hydrogens is 419 g/mol. The molecule has 8 heteroatoms. The maximum atomic E-state index is 13.2. The molecule has 174 valence electrons. The number of aromatic nitrogens is 3. The molecule has 0 unspecified atom stereocenters. The van der Waals surface area contributed by atoms with E-state index in [1.807, 2.05) is 0 Å². The molecule has 0 amide bonds. The Morgan fingerprint density at radius 3 is 2.16 bits per heavy atom. The fraction of sp³-hybridized carbons (Fsp3) is 0.542. The van der Waals surface area contributed by atoms with Crippen LogP contribution < -0.4 is 11.2 Å². The van der Waals surface area contributed by atoms with Crippen LogP contribution in [0.25, 0.3) is 22.3 Å². The van der Waals surface area contributed by atoms with Crippen LogP contribution in [0.2, 0.25) is 0 Å². The van der Waals surface area contributed by atoms with Gasteiger partial charge in [-0.25, -0.2) is 4.79 Å². The molecule has 0 saturated carbocycles. The molecule has 0 saturated heterocycles. The van der Waals surface area contributed by atoms with Gasteiger partial charge in [0, 0.05) is 12.1 Å². The lowest BCUT2D eigenvalue weighted by atomic mass is 10.1. The molecule has 0 aromatic heterocycles. The van der Waals surface area contributed by atoms with Crippen molar-refractivity contribution in [3.05, 3.63) is 50.7 Å². The number of benzene rings is 1. The second-order valence-corrected chi connectivity index (χ2v) is 8.36. The zero-order valence-corrected chi connectivity index (χ0v) is 18.4. The number of unbranched alkanes of at least 4 members (excludes halogenated alkanes) is 9. The minimum Gasteiger partial charge on any atom is -0.325 e. The number of aromatic amines is 1. The molecule has 1 aromatic rings. The predicted octanol–water partition coefficient (Wildman–Crippen LogP) is 6.13. The Labute approximate surface area is 185 Å². The van der Waals surface area contributed by atoms with Crippen LogP contribution in [0.5, 0.6) is 0 Å². The molecule has 0 atom stereocenters. The summed E-state index contributed by atoms with van der Waals surface area (Å²) in [5, 5.41) is 0.297. The van der Waals surface area contributed by atoms with Crippen molar-refractivity contribution in [2.24, 2.45) is 0 Å². The summed E-state index contributed by atoms with van der Waals surface area (Å²) in [4.78, 5) is 30.1. The summed E-state index contributed by atoms with van der Waals surface area (Å²) in [6.45, 7) is 2.68. The number of nitrogens with zero attached hydrogens (tertiary/aromatic N) is 2. The summed E-state index contributed by atoms with van der Waals surface area (Å²) in [7, 11) is 0. The Balaban J connectivity index is 1.75. The molecule has 0 fully saturated rings. The molecule has 3 rings (SSSR count). The predicted molar refractivity (Wildman–Crippen MR) is 120 cm³/mol. The number of fused-ring (bicyclic) bond motifs is 2. The standard InChI is InChI=1S/C24H30F3N3O2/c1-2-3-4-5-6-7-8-9-10-11-14-30-20-13-12-18(24(25,26)27)15-17(20)16-19-21(30)28-23(32)29-22(19)31/h12-13,15-16H,2-11,14H2,1H3,(H,29,31,32). The summed E-state index contributed by atoms with van der Waals surface area (Å²) < 4.78 is 41.2. The molecule has 2 aliphatic heterocycles. The van der Waals surface area contributed by atoms with Crippen molar-refractivity contribution in [1.29, 1.82) is 0 Å². The fourth-order valence-electron chi connectivity index (χ4n) is 4.13. The largest absolute Gasteiger partial charge is 0.416 e. The van der Waals surface area contributed by atoms with Gasteiger partial charge in [-0.2, -0.15) is 18.2 Å². The Bertz CT molecular complexity index is 1120. The zero-order chi connectivity index (χ0) is 23.1. The van der Waals surface area contributed by atoms with Crippen molar-refractivity contribution in [2.75, 3.05) is 0 Å². The second-order valence-electron chi connectivity index (χ2n) is 8.36. The number of rotatable bonds is 11. The minimum absolute atomic E-state index is 0.114. The third kappa shape index (κ3) is 5.99. The van der Waals surface area contributed by atoms with Crippen LogP contribution in [0.3, 0.4) is 0 Å². The highest BCUT2D eigenvalue weighted by molar-refractivity contribution is 5.86. The van der Waals surface area contributed by atoms with Gasteiger partial charge in [-0.1, -0.05) is 64.7 Å². The summed E-state index contributed by atoms with van der Waals surface area (Å²) in [6, 6.07) is 4.82. The van der Waals surface area contributed by atoms with Gasteiger partial charge in [-0.3, -0.25) is 9.78 Å². The maximum Gasteiger partial charge on any atom is 0.416 e. The number of aryl methyl sites for hydroxylation is 1. The Kier molecular flexibility index (Phi) is 8.10. The van der Waals surface area contributed by atoms with Gasteiger partial charge < -0.3 is 4.57 Å². The van der Waals surface area contributed by atoms with Gasteiger partial charge in [0.1, 0.15) is 0 Å². The van der Waals surface area contributed by atoms with E-state index in [2.05, 4.69) is 16.9 Å². The molecule has 0 radical (unpaired) electrons. The quantitative estimate of drug-likeness (QED) is 0.283. The summed E-state index contributed by atoms with van der Waals surface area (Å²) >= 11 is 0. The first-order valence-corrected chi connectivity index (χ1v) is 11.5. The lowest BCUT2D eigenvalue weighted by molar-refractivity contribution is -0.137. The van der Waals surface area contributed by atoms with E-state index in [1.54, 1.807) is 4.57 Å². The van der Waals surface area contributed by atoms with E-state index < -0.39 is 23.0 Å². The van der Waals surface area contributed by atoms with Gasteiger partial charge >= 0.3 is 11.9 Å². The van der Waals surface area contributed by atoms with Crippen molar-refractivity contribution >= 4 is 10.9 Å². The number of alkyl halides is 3. The summed E-state index contributed by atoms with van der Waals surface area (Å²) in [6.07, 6.45) is 7.10. The highest BCUT2D eigenvalue weighted by Crippen LogP contribution is 2.33. The monoisotopic (exact) mass is 449 g/mol. The van der Waals surface area contributed by atoms with E-state index >= 15 is 0 Å². The molecule has 2 aliphatic rings. The van der Waals surface area contributed by atoms with Gasteiger partial charge in [-0.15, -0.1) is 0 Å². The fourth-order valence-corrected chi connectivity index (χ4v) is 4.13. The molecule has 0 aliphatic carbocycles. The first-order valence-electron chi connectivity index (χ1n) is 11.5. The lowest BCUT2D eigenvalue weighted by Gasteiger charge is -2.18. The van der Waals surface area contributed by atoms with E-state index in [-0.39, 0.29) is 11.4 Å². The molecule has 0 spiro atoms. The molecule has 1 N–H and O–H groups in total. The second kappa shape index (κ2) is 10.8. The molecule has 2 heterocycles. The molecule has 5 nitrogen and oxygen atoms in total. The molecule has 1 aromatic carbocycles. The zero-order valence-electron chi connectivity index (χ0n) is 18.4. The average molecular weight is 450 g/mol. The van der Waals surface area contributed by atoms with Crippen molar-refractivity contribution in [3.8, 4) is 11.4 Å². The van der Waals surface area contributed by atoms with E-state index in [0.29, 0.717) is 17.4 Å². The van der Waals surface area contributed by atoms with E-state index in [4.69, 9.17) is 0 Å². The smallest absolute Gasteiger partial charge is 0.325 e. The first-order chi connectivity index (χ1) is 15.3. The van der Waals surface area contributed by atoms with Crippen LogP contribution in [-0.4, -0.2) is 14.5 Å². The average Bonchev–Trinajstić information content (AvgIpc) is 2.74. The number of hydrogen-bond donors (Lipinski definition) is 1. The van der Waals surface area contributed by atoms with Gasteiger partial charge in [-0.05, 0) is 36.1 Å². The SMILES string of the molecule is CCCCCCCCCCCCn1c2nc(=O)[nH]c(=O)c-2cc2cc(C(F)(F)F)ccc21. The van der Waals surface area contributed by atoms with E-state index in [0.717, 1.165) is 37.8 Å². The van der Waals surface area contributed by atoms with Crippen LogP contribution in [0.15, 0.2) is 33.9 Å². The number of halogens is 3. The van der Waals surface area contributed by atoms with Crippen molar-refractivity contribution < 1.29 is 13.2 Å². The Hall–Kier alpha value is -2.64. The third-order valence-corrected chi connectivity index (χ3v) is 5.85. The van der Waals surface area contributed by atoms with Crippen LogP contribution in [0.1, 0.15) is 76.7 Å². The van der Waals surface area contributed by atoms with E-state index in [9.17, 15) is 22.8 Å². The van der Waals surface area contributed by atoms with Crippen molar-refractivity contribution in [3.63, 3.8) is 0 Å². The Morgan fingerprint density at radius 1 is 0.906 bits per heavy atom. The van der Waals surface area contributed by atoms with Gasteiger partial charge in [0.05, 0.1) is 11.1 Å². The highest BCUT2D eigenvalue weighted by atomic mass is 19.4. The number of H-pyrrole nitrogens is 1. The molecule has 0 bridgehead atoms. The van der Waals surface area contributed by atoms with Crippen molar-refractivity contribution in [2.45, 2.75) is 83.9 Å². The number of hydrogen-bond acceptors (Lipinski definition) is 3. The normalized spacial score (nSPS) is 12.1. The third-order valence-electron chi connectivity index (χ3n) is 5.85. The lowest BCUT2D eigenvalue weighted by Crippen LogP contribution is -2.27. The van der Waals surface area contributed by atoms with Gasteiger partial charge in [0.2, 0.25) is 0 Å². The molecular formula is C24H30F3N3O2. The highest BCUT2D eigenvalue weighted by Gasteiger charge is 2.31. The first kappa shape index (κ1) is 24.0. The summed E-state index contributed by atoms with van der Waals surface area (Å²) in [5.41, 5.74) is -1.54. The van der Waals surface area contributed by atoms with Crippen LogP contribution >= 0.6 is 0 Å². The van der Waals surface area contributed by atoms with Crippen molar-refractivity contribution in [1.82, 2.24) is 14.5 Å². The van der Waals surface area contributed by atoms with Crippen LogP contribution in [0, 0.1) is 0 Å². The number of nitrogens with one attached hydrogen (secondary N) is 1. The topological polar surface area (TPSA) is 67.8 Å². The van der Waals surface area contributed by atoms with Gasteiger partial charge in [0.25, 0.3) is 5.56 Å². The van der Waals surface area contributed by atoms with Crippen LogP contribution in [0.4, 0.5) is 13.2 Å². The minimum atomic E-state index is -4.48. The number of pyridine rings is 1. The van der Waals surface area contributed by atoms with E-state index in [1.165, 1.54) is 50.7 Å². The Morgan fingerprint density at radius 2 is 1.53 bits per heavy atom. The van der Waals surface area contributed by atoms with Crippen LogP contribution in [-0.2, 0) is 12.7 Å².